The van der Waals surface area contributed by atoms with Crippen LogP contribution >= 0.6 is 0 Å². The Morgan fingerprint density at radius 2 is 0.706 bits per heavy atom. The first-order valence-corrected chi connectivity index (χ1v) is 11.1. The van der Waals surface area contributed by atoms with Crippen LogP contribution in [0.4, 0.5) is 0 Å². The first kappa shape index (κ1) is 19.7. The van der Waals surface area contributed by atoms with Crippen molar-refractivity contribution in [1.29, 1.82) is 10.5 Å². The number of nitriles is 2. The maximum atomic E-state index is 9.26. The van der Waals surface area contributed by atoms with Crippen LogP contribution in [0, 0.1) is 22.7 Å². The predicted molar refractivity (Wildman–Crippen MR) is 139 cm³/mol. The molecule has 0 heterocycles. The molecule has 2 nitrogen and oxygen atoms in total. The summed E-state index contributed by atoms with van der Waals surface area (Å²) in [5.41, 5.74) is 5.58. The van der Waals surface area contributed by atoms with Crippen molar-refractivity contribution in [3.63, 3.8) is 0 Å². The monoisotopic (exact) mass is 430 g/mol. The van der Waals surface area contributed by atoms with Crippen LogP contribution in [0.25, 0.3) is 54.6 Å². The molecule has 34 heavy (non-hydrogen) atoms. The van der Waals surface area contributed by atoms with Crippen LogP contribution in [0.3, 0.4) is 0 Å². The summed E-state index contributed by atoms with van der Waals surface area (Å²) >= 11 is 0. The lowest BCUT2D eigenvalue weighted by Gasteiger charge is -2.16. The maximum absolute atomic E-state index is 9.26. The Kier molecular flexibility index (Phi) is 4.58. The van der Waals surface area contributed by atoms with Gasteiger partial charge in [0.25, 0.3) is 0 Å². The number of hydrogen-bond acceptors (Lipinski definition) is 2. The lowest BCUT2D eigenvalue weighted by atomic mass is 9.87. The van der Waals surface area contributed by atoms with Crippen molar-refractivity contribution < 1.29 is 0 Å². The van der Waals surface area contributed by atoms with E-state index in [4.69, 9.17) is 0 Å². The zero-order valence-electron chi connectivity index (χ0n) is 18.3. The second-order valence-electron chi connectivity index (χ2n) is 8.41. The van der Waals surface area contributed by atoms with E-state index in [-0.39, 0.29) is 0 Å². The Hall–Kier alpha value is -4.92. The number of nitrogens with zero attached hydrogens (tertiary/aromatic N) is 2. The molecule has 0 radical (unpaired) electrons. The fraction of sp³-hybridized carbons (Fsp3) is 0. The van der Waals surface area contributed by atoms with Crippen LogP contribution in [-0.2, 0) is 0 Å². The van der Waals surface area contributed by atoms with Crippen LogP contribution in [0.2, 0.25) is 0 Å². The van der Waals surface area contributed by atoms with Crippen LogP contribution in [-0.4, -0.2) is 0 Å². The fourth-order valence-electron chi connectivity index (χ4n) is 4.88. The highest BCUT2D eigenvalue weighted by Crippen LogP contribution is 2.41. The molecule has 6 aromatic rings. The second kappa shape index (κ2) is 7.89. The zero-order valence-corrected chi connectivity index (χ0v) is 18.3. The van der Waals surface area contributed by atoms with Crippen molar-refractivity contribution >= 4 is 32.3 Å². The SMILES string of the molecule is N#Cc1ccc(-c2cc3c4ccccc4c4ccccc4c3cc2-c2ccc(C#N)cc2)cc1. The van der Waals surface area contributed by atoms with Gasteiger partial charge in [-0.05, 0) is 91.0 Å². The van der Waals surface area contributed by atoms with E-state index >= 15 is 0 Å². The van der Waals surface area contributed by atoms with Gasteiger partial charge in [-0.25, -0.2) is 0 Å². The Morgan fingerprint density at radius 1 is 0.382 bits per heavy atom. The highest BCUT2D eigenvalue weighted by atomic mass is 14.2. The van der Waals surface area contributed by atoms with E-state index in [2.05, 4.69) is 72.8 Å². The molecule has 6 rings (SSSR count). The van der Waals surface area contributed by atoms with E-state index in [1.165, 1.54) is 32.3 Å². The van der Waals surface area contributed by atoms with Crippen LogP contribution in [0.1, 0.15) is 11.1 Å². The molecule has 0 saturated carbocycles. The van der Waals surface area contributed by atoms with Gasteiger partial charge in [-0.2, -0.15) is 10.5 Å². The standard InChI is InChI=1S/C32H18N2/c33-19-21-9-13-23(14-10-21)29-17-31-27-7-3-1-5-25(27)26-6-2-4-8-28(26)32(31)18-30(29)24-15-11-22(20-34)12-16-24/h1-18H. The largest absolute Gasteiger partial charge is 0.192 e. The molecule has 0 bridgehead atoms. The van der Waals surface area contributed by atoms with E-state index in [0.29, 0.717) is 11.1 Å². The molecule has 0 saturated heterocycles. The first-order chi connectivity index (χ1) is 16.8. The van der Waals surface area contributed by atoms with Gasteiger partial charge in [0.1, 0.15) is 0 Å². The highest BCUT2D eigenvalue weighted by molar-refractivity contribution is 6.26. The van der Waals surface area contributed by atoms with Crippen molar-refractivity contribution in [3.05, 3.63) is 120 Å². The Labute approximate surface area is 197 Å². The minimum atomic E-state index is 0.640. The molecule has 0 spiro atoms. The molecular formula is C32H18N2. The normalized spacial score (nSPS) is 10.9. The second-order valence-corrected chi connectivity index (χ2v) is 8.41. The average Bonchev–Trinajstić information content (AvgIpc) is 2.92. The third-order valence-corrected chi connectivity index (χ3v) is 6.53. The molecule has 2 heteroatoms. The molecule has 6 aromatic carbocycles. The molecule has 0 aromatic heterocycles. The third-order valence-electron chi connectivity index (χ3n) is 6.53. The van der Waals surface area contributed by atoms with Gasteiger partial charge in [-0.3, -0.25) is 0 Å². The third kappa shape index (κ3) is 3.10. The van der Waals surface area contributed by atoms with Crippen LogP contribution < -0.4 is 0 Å². The maximum Gasteiger partial charge on any atom is 0.0991 e. The lowest BCUT2D eigenvalue weighted by molar-refractivity contribution is 1.48. The van der Waals surface area contributed by atoms with Gasteiger partial charge in [0.2, 0.25) is 0 Å². The summed E-state index contributed by atoms with van der Waals surface area (Å²) in [7, 11) is 0. The number of fused-ring (bicyclic) bond motifs is 6. The summed E-state index contributed by atoms with van der Waals surface area (Å²) in [6, 6.07) is 41.6. The molecule has 156 valence electrons. The Morgan fingerprint density at radius 3 is 1.03 bits per heavy atom. The van der Waals surface area contributed by atoms with E-state index in [1.807, 2.05) is 48.5 Å². The van der Waals surface area contributed by atoms with Gasteiger partial charge in [-0.15, -0.1) is 0 Å². The smallest absolute Gasteiger partial charge is 0.0991 e. The Bertz CT molecular complexity index is 1660. The zero-order chi connectivity index (χ0) is 23.1. The van der Waals surface area contributed by atoms with Gasteiger partial charge in [-0.1, -0.05) is 72.8 Å². The van der Waals surface area contributed by atoms with Crippen molar-refractivity contribution in [1.82, 2.24) is 0 Å². The van der Waals surface area contributed by atoms with Crippen molar-refractivity contribution in [3.8, 4) is 34.4 Å². The number of rotatable bonds is 2. The molecule has 0 N–H and O–H groups in total. The van der Waals surface area contributed by atoms with Crippen molar-refractivity contribution in [2.75, 3.05) is 0 Å². The van der Waals surface area contributed by atoms with Gasteiger partial charge < -0.3 is 0 Å². The minimum absolute atomic E-state index is 0.640. The quantitative estimate of drug-likeness (QED) is 0.260. The lowest BCUT2D eigenvalue weighted by Crippen LogP contribution is -1.90. The molecule has 0 atom stereocenters. The summed E-state index contributed by atoms with van der Waals surface area (Å²) in [5, 5.41) is 25.8. The topological polar surface area (TPSA) is 47.6 Å². The minimum Gasteiger partial charge on any atom is -0.192 e. The highest BCUT2D eigenvalue weighted by Gasteiger charge is 2.15. The fourth-order valence-corrected chi connectivity index (χ4v) is 4.88. The Balaban J connectivity index is 1.76. The molecule has 0 aliphatic carbocycles. The summed E-state index contributed by atoms with van der Waals surface area (Å²) in [5.74, 6) is 0. The molecular weight excluding hydrogens is 412 g/mol. The van der Waals surface area contributed by atoms with E-state index in [9.17, 15) is 10.5 Å². The number of benzene rings is 6. The molecule has 0 aliphatic rings. The summed E-state index contributed by atoms with van der Waals surface area (Å²) in [6.45, 7) is 0. The van der Waals surface area contributed by atoms with Crippen LogP contribution in [0.5, 0.6) is 0 Å². The number of hydrogen-bond donors (Lipinski definition) is 0. The van der Waals surface area contributed by atoms with Gasteiger partial charge in [0.15, 0.2) is 0 Å². The predicted octanol–water partition coefficient (Wildman–Crippen LogP) is 8.22. The molecule has 0 amide bonds. The summed E-state index contributed by atoms with van der Waals surface area (Å²) in [6.07, 6.45) is 0. The van der Waals surface area contributed by atoms with Crippen molar-refractivity contribution in [2.45, 2.75) is 0 Å². The first-order valence-electron chi connectivity index (χ1n) is 11.1. The van der Waals surface area contributed by atoms with E-state index in [0.717, 1.165) is 22.3 Å². The molecule has 0 aliphatic heterocycles. The van der Waals surface area contributed by atoms with Crippen LogP contribution in [0.15, 0.2) is 109 Å². The van der Waals surface area contributed by atoms with Gasteiger partial charge >= 0.3 is 0 Å². The summed E-state index contributed by atoms with van der Waals surface area (Å²) in [4.78, 5) is 0. The van der Waals surface area contributed by atoms with Crippen molar-refractivity contribution in [2.24, 2.45) is 0 Å². The summed E-state index contributed by atoms with van der Waals surface area (Å²) < 4.78 is 0. The van der Waals surface area contributed by atoms with Gasteiger partial charge in [0.05, 0.1) is 23.3 Å². The molecule has 0 unspecified atom stereocenters. The molecule has 0 fully saturated rings. The average molecular weight is 431 g/mol. The van der Waals surface area contributed by atoms with E-state index < -0.39 is 0 Å². The van der Waals surface area contributed by atoms with Gasteiger partial charge in [0, 0.05) is 0 Å². The van der Waals surface area contributed by atoms with E-state index in [1.54, 1.807) is 0 Å².